The fraction of sp³-hybridized carbons (Fsp3) is 0.364. The van der Waals surface area contributed by atoms with Crippen LogP contribution in [0, 0.1) is 5.92 Å². The summed E-state index contributed by atoms with van der Waals surface area (Å²) in [6.07, 6.45) is 0.428. The van der Waals surface area contributed by atoms with Crippen molar-refractivity contribution in [3.05, 3.63) is 22.2 Å². The Morgan fingerprint density at radius 1 is 1.38 bits per heavy atom. The predicted octanol–water partition coefficient (Wildman–Crippen LogP) is 3.56. The Labute approximate surface area is 105 Å². The molecule has 1 aromatic carbocycles. The Hall–Kier alpha value is -0.930. The summed E-state index contributed by atoms with van der Waals surface area (Å²) in [5.74, 6) is 0.176. The van der Waals surface area contributed by atoms with Crippen LogP contribution in [0.3, 0.4) is 0 Å². The highest BCUT2D eigenvalue weighted by molar-refractivity contribution is 6.40. The lowest BCUT2D eigenvalue weighted by Gasteiger charge is -2.11. The zero-order valence-corrected chi connectivity index (χ0v) is 10.7. The number of benzene rings is 1. The molecule has 0 aromatic heterocycles. The zero-order valence-electron chi connectivity index (χ0n) is 9.18. The van der Waals surface area contributed by atoms with Crippen molar-refractivity contribution in [2.45, 2.75) is 20.3 Å². The van der Waals surface area contributed by atoms with Crippen LogP contribution in [0.25, 0.3) is 0 Å². The number of carbonyl (C=O) groups excluding carboxylic acids is 1. The molecule has 0 heterocycles. The van der Waals surface area contributed by atoms with E-state index in [1.165, 1.54) is 0 Å². The van der Waals surface area contributed by atoms with Gasteiger partial charge >= 0.3 is 0 Å². The number of hydrogen-bond acceptors (Lipinski definition) is 2. The zero-order chi connectivity index (χ0) is 12.3. The second-order valence-corrected chi connectivity index (χ2v) is 4.82. The maximum Gasteiger partial charge on any atom is 0.224 e. The van der Waals surface area contributed by atoms with E-state index in [-0.39, 0.29) is 11.8 Å². The van der Waals surface area contributed by atoms with E-state index in [9.17, 15) is 4.79 Å². The Balaban J connectivity index is 2.85. The molecule has 1 amide bonds. The molecule has 0 aliphatic carbocycles. The van der Waals surface area contributed by atoms with Crippen LogP contribution in [-0.4, -0.2) is 5.91 Å². The van der Waals surface area contributed by atoms with Gasteiger partial charge in [0.25, 0.3) is 0 Å². The van der Waals surface area contributed by atoms with Gasteiger partial charge in [-0.15, -0.1) is 0 Å². The second-order valence-electron chi connectivity index (χ2n) is 4.01. The van der Waals surface area contributed by atoms with Gasteiger partial charge in [-0.3, -0.25) is 4.79 Å². The lowest BCUT2D eigenvalue weighted by Crippen LogP contribution is -2.14. The topological polar surface area (TPSA) is 55.1 Å². The number of halogens is 2. The van der Waals surface area contributed by atoms with Gasteiger partial charge in [-0.25, -0.2) is 0 Å². The van der Waals surface area contributed by atoms with Crippen LogP contribution < -0.4 is 11.1 Å². The first-order valence-electron chi connectivity index (χ1n) is 4.94. The summed E-state index contributed by atoms with van der Waals surface area (Å²) in [4.78, 5) is 11.6. The van der Waals surface area contributed by atoms with Crippen molar-refractivity contribution in [3.8, 4) is 0 Å². The number of amides is 1. The highest BCUT2D eigenvalue weighted by Gasteiger charge is 2.11. The molecule has 1 aromatic rings. The van der Waals surface area contributed by atoms with Crippen molar-refractivity contribution in [1.29, 1.82) is 0 Å². The molecular weight excluding hydrogens is 247 g/mol. The van der Waals surface area contributed by atoms with Crippen molar-refractivity contribution in [2.24, 2.45) is 5.92 Å². The fourth-order valence-electron chi connectivity index (χ4n) is 1.27. The second kappa shape index (κ2) is 5.41. The van der Waals surface area contributed by atoms with E-state index < -0.39 is 0 Å². The van der Waals surface area contributed by atoms with E-state index >= 15 is 0 Å². The summed E-state index contributed by atoms with van der Waals surface area (Å²) in [5, 5.41) is 3.38. The fourth-order valence-corrected chi connectivity index (χ4v) is 1.87. The average molecular weight is 261 g/mol. The van der Waals surface area contributed by atoms with Crippen LogP contribution in [0.15, 0.2) is 12.1 Å². The monoisotopic (exact) mass is 260 g/mol. The lowest BCUT2D eigenvalue weighted by atomic mass is 10.1. The largest absolute Gasteiger partial charge is 0.399 e. The van der Waals surface area contributed by atoms with Gasteiger partial charge in [-0.2, -0.15) is 0 Å². The number of carbonyl (C=O) groups is 1. The van der Waals surface area contributed by atoms with Gasteiger partial charge in [-0.05, 0) is 18.1 Å². The molecule has 3 N–H and O–H groups in total. The van der Waals surface area contributed by atoms with Gasteiger partial charge in [0.15, 0.2) is 0 Å². The van der Waals surface area contributed by atoms with E-state index in [2.05, 4.69) is 5.32 Å². The van der Waals surface area contributed by atoms with Crippen molar-refractivity contribution in [3.63, 3.8) is 0 Å². The van der Waals surface area contributed by atoms with Gasteiger partial charge in [0, 0.05) is 12.1 Å². The maximum absolute atomic E-state index is 11.6. The van der Waals surface area contributed by atoms with Crippen LogP contribution in [0.5, 0.6) is 0 Å². The summed E-state index contributed by atoms with van der Waals surface area (Å²) in [6.45, 7) is 3.93. The molecule has 88 valence electrons. The molecule has 0 atom stereocenters. The molecule has 0 spiro atoms. The van der Waals surface area contributed by atoms with E-state index in [0.717, 1.165) is 0 Å². The van der Waals surface area contributed by atoms with Gasteiger partial charge in [0.05, 0.1) is 15.7 Å². The number of rotatable bonds is 3. The molecular formula is C11H14Cl2N2O. The number of anilines is 2. The molecule has 0 radical (unpaired) electrons. The summed E-state index contributed by atoms with van der Waals surface area (Å²) in [5.41, 5.74) is 6.45. The molecule has 0 bridgehead atoms. The van der Waals surface area contributed by atoms with Gasteiger partial charge in [0.2, 0.25) is 5.91 Å². The molecule has 0 unspecified atom stereocenters. The third-order valence-electron chi connectivity index (χ3n) is 1.92. The number of hydrogen-bond donors (Lipinski definition) is 2. The summed E-state index contributed by atoms with van der Waals surface area (Å²) >= 11 is 11.9. The quantitative estimate of drug-likeness (QED) is 0.817. The molecule has 0 saturated heterocycles. The first-order valence-corrected chi connectivity index (χ1v) is 5.70. The molecule has 1 rings (SSSR count). The normalized spacial score (nSPS) is 10.6. The number of nitrogen functional groups attached to an aromatic ring is 1. The van der Waals surface area contributed by atoms with Crippen LogP contribution in [0.1, 0.15) is 20.3 Å². The highest BCUT2D eigenvalue weighted by atomic mass is 35.5. The minimum absolute atomic E-state index is 0.108. The number of nitrogens with two attached hydrogens (primary N) is 1. The number of nitrogens with one attached hydrogen (secondary N) is 1. The van der Waals surface area contributed by atoms with Crippen molar-refractivity contribution in [2.75, 3.05) is 11.1 Å². The van der Waals surface area contributed by atoms with Crippen LogP contribution in [-0.2, 0) is 4.79 Å². The van der Waals surface area contributed by atoms with Crippen molar-refractivity contribution in [1.82, 2.24) is 0 Å². The molecule has 0 saturated carbocycles. The Kier molecular flexibility index (Phi) is 4.44. The summed E-state index contributed by atoms with van der Waals surface area (Å²) in [7, 11) is 0. The van der Waals surface area contributed by atoms with E-state index in [1.54, 1.807) is 12.1 Å². The van der Waals surface area contributed by atoms with Crippen LogP contribution >= 0.6 is 23.2 Å². The lowest BCUT2D eigenvalue weighted by molar-refractivity contribution is -0.116. The van der Waals surface area contributed by atoms with Gasteiger partial charge in [-0.1, -0.05) is 37.0 Å². The minimum Gasteiger partial charge on any atom is -0.399 e. The predicted molar refractivity (Wildman–Crippen MR) is 69.0 cm³/mol. The van der Waals surface area contributed by atoms with Crippen LogP contribution in [0.2, 0.25) is 10.0 Å². The maximum atomic E-state index is 11.6. The molecule has 0 aliphatic heterocycles. The van der Waals surface area contributed by atoms with E-state index in [4.69, 9.17) is 28.9 Å². The highest BCUT2D eigenvalue weighted by Crippen LogP contribution is 2.32. The van der Waals surface area contributed by atoms with Crippen molar-refractivity contribution < 1.29 is 4.79 Å². The summed E-state index contributed by atoms with van der Waals surface area (Å²) in [6, 6.07) is 3.11. The third-order valence-corrected chi connectivity index (χ3v) is 2.52. The third kappa shape index (κ3) is 3.58. The minimum atomic E-state index is -0.108. The van der Waals surface area contributed by atoms with E-state index in [0.29, 0.717) is 27.8 Å². The van der Waals surface area contributed by atoms with Gasteiger partial charge in [0.1, 0.15) is 0 Å². The molecule has 5 heteroatoms. The smallest absolute Gasteiger partial charge is 0.224 e. The Morgan fingerprint density at radius 2 is 1.88 bits per heavy atom. The Morgan fingerprint density at radius 3 is 2.31 bits per heavy atom. The molecule has 3 nitrogen and oxygen atoms in total. The SMILES string of the molecule is CC(C)CC(=O)Nc1c(Cl)cc(N)cc1Cl. The van der Waals surface area contributed by atoms with Crippen molar-refractivity contribution >= 4 is 40.5 Å². The molecule has 16 heavy (non-hydrogen) atoms. The average Bonchev–Trinajstić information content (AvgIpc) is 2.09. The summed E-state index contributed by atoms with van der Waals surface area (Å²) < 4.78 is 0. The van der Waals surface area contributed by atoms with E-state index in [1.807, 2.05) is 13.8 Å². The van der Waals surface area contributed by atoms with Gasteiger partial charge < -0.3 is 11.1 Å². The first kappa shape index (κ1) is 13.1. The Bertz CT molecular complexity index is 382. The molecule has 0 aliphatic rings. The molecule has 0 fully saturated rings. The van der Waals surface area contributed by atoms with Crippen LogP contribution in [0.4, 0.5) is 11.4 Å². The standard InChI is InChI=1S/C11H14Cl2N2O/c1-6(2)3-10(16)15-11-8(12)4-7(14)5-9(11)13/h4-6H,3,14H2,1-2H3,(H,15,16). The first-order chi connectivity index (χ1) is 7.40.